The first-order valence-corrected chi connectivity index (χ1v) is 8.50. The fourth-order valence-corrected chi connectivity index (χ4v) is 2.73. The predicted octanol–water partition coefficient (Wildman–Crippen LogP) is 3.45. The molecule has 4 aromatic rings. The monoisotopic (exact) mass is 371 g/mol. The first-order chi connectivity index (χ1) is 13.5. The van der Waals surface area contributed by atoms with Crippen LogP contribution in [0.4, 0.5) is 11.4 Å². The maximum Gasteiger partial charge on any atom is 0.167 e. The molecule has 0 aliphatic rings. The van der Waals surface area contributed by atoms with Gasteiger partial charge in [-0.05, 0) is 60.7 Å². The van der Waals surface area contributed by atoms with Crippen LogP contribution < -0.4 is 11.5 Å². The molecule has 0 atom stereocenters. The zero-order chi connectivity index (χ0) is 19.7. The standard InChI is InChI=1S/C21H17N5O2/c22-14-5-1-12(2-6-14)19-24-20(13-3-7-15(23)8-4-13)26-21(25-19)17-10-9-16(27)11-18(17)28/h1-11,27-28H,22-23H2. The van der Waals surface area contributed by atoms with Crippen molar-refractivity contribution in [3.05, 3.63) is 66.7 Å². The summed E-state index contributed by atoms with van der Waals surface area (Å²) in [4.78, 5) is 13.6. The molecule has 1 aromatic heterocycles. The molecular weight excluding hydrogens is 354 g/mol. The summed E-state index contributed by atoms with van der Waals surface area (Å²) < 4.78 is 0. The molecule has 0 fully saturated rings. The Labute approximate surface area is 161 Å². The summed E-state index contributed by atoms with van der Waals surface area (Å²) in [6.45, 7) is 0. The van der Waals surface area contributed by atoms with Crippen molar-refractivity contribution in [3.63, 3.8) is 0 Å². The topological polar surface area (TPSA) is 131 Å². The van der Waals surface area contributed by atoms with Gasteiger partial charge in [-0.15, -0.1) is 0 Å². The molecule has 3 aromatic carbocycles. The molecule has 0 saturated heterocycles. The highest BCUT2D eigenvalue weighted by Gasteiger charge is 2.15. The van der Waals surface area contributed by atoms with Crippen molar-refractivity contribution in [1.82, 2.24) is 15.0 Å². The summed E-state index contributed by atoms with van der Waals surface area (Å²) in [5.74, 6) is 0.977. The molecule has 6 N–H and O–H groups in total. The molecule has 7 heteroatoms. The summed E-state index contributed by atoms with van der Waals surface area (Å²) >= 11 is 0. The molecule has 1 heterocycles. The lowest BCUT2D eigenvalue weighted by atomic mass is 10.1. The Hall–Kier alpha value is -4.13. The number of benzene rings is 3. The minimum absolute atomic E-state index is 0.0483. The number of nitrogen functional groups attached to an aromatic ring is 2. The summed E-state index contributed by atoms with van der Waals surface area (Å²) in [5, 5.41) is 19.8. The van der Waals surface area contributed by atoms with E-state index in [-0.39, 0.29) is 17.3 Å². The molecule has 138 valence electrons. The van der Waals surface area contributed by atoms with Crippen LogP contribution in [0.25, 0.3) is 34.2 Å². The SMILES string of the molecule is Nc1ccc(-c2nc(-c3ccc(N)cc3)nc(-c3ccc(O)cc3O)n2)cc1. The molecule has 0 saturated carbocycles. The van der Waals surface area contributed by atoms with Crippen molar-refractivity contribution in [1.29, 1.82) is 0 Å². The van der Waals surface area contributed by atoms with Gasteiger partial charge in [0.2, 0.25) is 0 Å². The summed E-state index contributed by atoms with van der Waals surface area (Å²) in [7, 11) is 0. The predicted molar refractivity (Wildman–Crippen MR) is 108 cm³/mol. The molecule has 28 heavy (non-hydrogen) atoms. The number of aromatic hydroxyl groups is 2. The van der Waals surface area contributed by atoms with Gasteiger partial charge in [0.1, 0.15) is 11.5 Å². The van der Waals surface area contributed by atoms with Gasteiger partial charge in [0, 0.05) is 28.6 Å². The van der Waals surface area contributed by atoms with Crippen LogP contribution in [0, 0.1) is 0 Å². The van der Waals surface area contributed by atoms with Crippen molar-refractivity contribution in [2.45, 2.75) is 0 Å². The number of rotatable bonds is 3. The molecule has 0 radical (unpaired) electrons. The Morgan fingerprint density at radius 3 is 1.50 bits per heavy atom. The second-order valence-electron chi connectivity index (χ2n) is 6.25. The summed E-state index contributed by atoms with van der Waals surface area (Å²) in [6.07, 6.45) is 0. The van der Waals surface area contributed by atoms with E-state index in [0.717, 1.165) is 11.1 Å². The Kier molecular flexibility index (Phi) is 4.25. The van der Waals surface area contributed by atoms with E-state index < -0.39 is 0 Å². The van der Waals surface area contributed by atoms with Gasteiger partial charge < -0.3 is 21.7 Å². The number of phenolic OH excluding ortho intramolecular Hbond substituents is 2. The minimum atomic E-state index is -0.127. The molecule has 0 aliphatic heterocycles. The van der Waals surface area contributed by atoms with Gasteiger partial charge in [-0.2, -0.15) is 0 Å². The average molecular weight is 371 g/mol. The molecule has 0 bridgehead atoms. The normalized spacial score (nSPS) is 10.7. The summed E-state index contributed by atoms with van der Waals surface area (Å²) in [5.41, 5.74) is 14.7. The largest absolute Gasteiger partial charge is 0.508 e. The number of anilines is 2. The summed E-state index contributed by atoms with van der Waals surface area (Å²) in [6, 6.07) is 18.6. The van der Waals surface area contributed by atoms with E-state index in [9.17, 15) is 10.2 Å². The van der Waals surface area contributed by atoms with Crippen molar-refractivity contribution in [3.8, 4) is 45.7 Å². The number of nitrogens with zero attached hydrogens (tertiary/aromatic N) is 3. The van der Waals surface area contributed by atoms with Crippen LogP contribution in [0.15, 0.2) is 66.7 Å². The second-order valence-corrected chi connectivity index (χ2v) is 6.25. The first-order valence-electron chi connectivity index (χ1n) is 8.50. The van der Waals surface area contributed by atoms with E-state index in [2.05, 4.69) is 15.0 Å². The lowest BCUT2D eigenvalue weighted by Crippen LogP contribution is -2.00. The lowest BCUT2D eigenvalue weighted by molar-refractivity contribution is 0.451. The third kappa shape index (κ3) is 3.41. The van der Waals surface area contributed by atoms with Crippen LogP contribution in [-0.2, 0) is 0 Å². The Morgan fingerprint density at radius 2 is 1.04 bits per heavy atom. The molecule has 7 nitrogen and oxygen atoms in total. The van der Waals surface area contributed by atoms with Gasteiger partial charge in [0.15, 0.2) is 17.5 Å². The zero-order valence-electron chi connectivity index (χ0n) is 14.7. The second kappa shape index (κ2) is 6.88. The van der Waals surface area contributed by atoms with Crippen LogP contribution in [0.3, 0.4) is 0 Å². The Morgan fingerprint density at radius 1 is 0.571 bits per heavy atom. The van der Waals surface area contributed by atoms with Crippen molar-refractivity contribution in [2.75, 3.05) is 11.5 Å². The van der Waals surface area contributed by atoms with Gasteiger partial charge in [-0.25, -0.2) is 15.0 Å². The molecule has 0 spiro atoms. The van der Waals surface area contributed by atoms with Gasteiger partial charge in [-0.3, -0.25) is 0 Å². The van der Waals surface area contributed by atoms with Crippen LogP contribution in [0.2, 0.25) is 0 Å². The highest BCUT2D eigenvalue weighted by molar-refractivity contribution is 5.71. The highest BCUT2D eigenvalue weighted by Crippen LogP contribution is 2.32. The van der Waals surface area contributed by atoms with Gasteiger partial charge >= 0.3 is 0 Å². The molecule has 0 aliphatic carbocycles. The third-order valence-electron chi connectivity index (χ3n) is 4.20. The van der Waals surface area contributed by atoms with E-state index in [4.69, 9.17) is 11.5 Å². The average Bonchev–Trinajstić information content (AvgIpc) is 2.69. The minimum Gasteiger partial charge on any atom is -0.508 e. The smallest absolute Gasteiger partial charge is 0.167 e. The number of aromatic nitrogens is 3. The third-order valence-corrected chi connectivity index (χ3v) is 4.20. The van der Waals surface area contributed by atoms with E-state index >= 15 is 0 Å². The number of hydrogen-bond donors (Lipinski definition) is 4. The van der Waals surface area contributed by atoms with Crippen LogP contribution >= 0.6 is 0 Å². The molecule has 0 amide bonds. The van der Waals surface area contributed by atoms with Crippen molar-refractivity contribution >= 4 is 11.4 Å². The fourth-order valence-electron chi connectivity index (χ4n) is 2.73. The fraction of sp³-hybridized carbons (Fsp3) is 0. The maximum absolute atomic E-state index is 10.2. The maximum atomic E-state index is 10.2. The van der Waals surface area contributed by atoms with Gasteiger partial charge in [-0.1, -0.05) is 0 Å². The quantitative estimate of drug-likeness (QED) is 0.406. The van der Waals surface area contributed by atoms with Crippen molar-refractivity contribution in [2.24, 2.45) is 0 Å². The lowest BCUT2D eigenvalue weighted by Gasteiger charge is -2.10. The van der Waals surface area contributed by atoms with E-state index in [1.54, 1.807) is 30.3 Å². The van der Waals surface area contributed by atoms with E-state index in [0.29, 0.717) is 28.6 Å². The number of phenols is 2. The zero-order valence-corrected chi connectivity index (χ0v) is 14.7. The van der Waals surface area contributed by atoms with E-state index in [1.807, 2.05) is 24.3 Å². The molecule has 0 unspecified atom stereocenters. The van der Waals surface area contributed by atoms with Crippen LogP contribution in [0.1, 0.15) is 0 Å². The Balaban J connectivity index is 1.92. The highest BCUT2D eigenvalue weighted by atomic mass is 16.3. The van der Waals surface area contributed by atoms with Crippen LogP contribution in [-0.4, -0.2) is 25.2 Å². The first kappa shape index (κ1) is 17.3. The van der Waals surface area contributed by atoms with Gasteiger partial charge in [0.05, 0.1) is 5.56 Å². The number of nitrogens with two attached hydrogens (primary N) is 2. The van der Waals surface area contributed by atoms with Crippen molar-refractivity contribution < 1.29 is 10.2 Å². The van der Waals surface area contributed by atoms with Crippen LogP contribution in [0.5, 0.6) is 11.5 Å². The van der Waals surface area contributed by atoms with E-state index in [1.165, 1.54) is 12.1 Å². The van der Waals surface area contributed by atoms with Gasteiger partial charge in [0.25, 0.3) is 0 Å². The Bertz CT molecular complexity index is 1080. The number of hydrogen-bond acceptors (Lipinski definition) is 7. The molecular formula is C21H17N5O2. The molecule has 4 rings (SSSR count).